The number of benzene rings is 2. The summed E-state index contributed by atoms with van der Waals surface area (Å²) >= 11 is 0. The van der Waals surface area contributed by atoms with Crippen molar-refractivity contribution in [2.45, 2.75) is 26.8 Å². The zero-order valence-electron chi connectivity index (χ0n) is 18.8. The van der Waals surface area contributed by atoms with E-state index in [1.165, 1.54) is 0 Å². The van der Waals surface area contributed by atoms with E-state index in [1.807, 2.05) is 64.4 Å². The molecule has 1 N–H and O–H groups in total. The Balaban J connectivity index is 1.53. The largest absolute Gasteiger partial charge is 0.348 e. The van der Waals surface area contributed by atoms with Crippen molar-refractivity contribution in [2.75, 3.05) is 37.6 Å². The molecule has 0 atom stereocenters. The van der Waals surface area contributed by atoms with Crippen LogP contribution in [0, 0.1) is 5.92 Å². The molecule has 0 saturated carbocycles. The monoisotopic (exact) mass is 433 g/mol. The number of anilines is 1. The van der Waals surface area contributed by atoms with Gasteiger partial charge in [-0.05, 0) is 30.0 Å². The van der Waals surface area contributed by atoms with Gasteiger partial charge in [0.1, 0.15) is 0 Å². The van der Waals surface area contributed by atoms with Gasteiger partial charge in [-0.1, -0.05) is 56.3 Å². The topological polar surface area (TPSA) is 70.5 Å². The lowest BCUT2D eigenvalue weighted by molar-refractivity contribution is 0.193. The molecule has 0 bridgehead atoms. The first-order valence-corrected chi connectivity index (χ1v) is 11.3. The van der Waals surface area contributed by atoms with Crippen LogP contribution in [0.3, 0.4) is 0 Å². The van der Waals surface area contributed by atoms with Crippen LogP contribution < -0.4 is 15.8 Å². The lowest BCUT2D eigenvalue weighted by Crippen LogP contribution is -2.53. The van der Waals surface area contributed by atoms with Crippen molar-refractivity contribution < 1.29 is 4.79 Å². The Kier molecular flexibility index (Phi) is 6.73. The lowest BCUT2D eigenvalue weighted by atomic mass is 10.1. The Morgan fingerprint density at radius 1 is 1.00 bits per heavy atom. The van der Waals surface area contributed by atoms with Crippen molar-refractivity contribution in [3.63, 3.8) is 0 Å². The highest BCUT2D eigenvalue weighted by Crippen LogP contribution is 2.17. The van der Waals surface area contributed by atoms with Gasteiger partial charge in [-0.3, -0.25) is 9.36 Å². The SMILES string of the molecule is CC(C)CCNC(=O)N1CCN(c2nc3ccccc3n(Cc3ccccc3)c2=O)CC1. The van der Waals surface area contributed by atoms with Crippen LogP contribution in [0.2, 0.25) is 0 Å². The number of carbonyl (C=O) groups excluding carboxylic acids is 1. The van der Waals surface area contributed by atoms with E-state index in [-0.39, 0.29) is 11.6 Å². The van der Waals surface area contributed by atoms with Crippen LogP contribution in [0.4, 0.5) is 10.6 Å². The second kappa shape index (κ2) is 9.85. The van der Waals surface area contributed by atoms with Crippen molar-refractivity contribution in [1.82, 2.24) is 19.8 Å². The predicted octanol–water partition coefficient (Wildman–Crippen LogP) is 3.32. The number of amides is 2. The quantitative estimate of drug-likeness (QED) is 0.647. The molecule has 2 heterocycles. The van der Waals surface area contributed by atoms with Gasteiger partial charge >= 0.3 is 6.03 Å². The zero-order valence-corrected chi connectivity index (χ0v) is 18.8. The molecule has 7 heteroatoms. The normalized spacial score (nSPS) is 14.2. The molecule has 1 saturated heterocycles. The molecule has 1 aliphatic heterocycles. The summed E-state index contributed by atoms with van der Waals surface area (Å²) in [5.41, 5.74) is 2.60. The van der Waals surface area contributed by atoms with E-state index >= 15 is 0 Å². The fourth-order valence-electron chi connectivity index (χ4n) is 4.01. The summed E-state index contributed by atoms with van der Waals surface area (Å²) in [6.07, 6.45) is 0.966. The van der Waals surface area contributed by atoms with E-state index in [0.717, 1.165) is 23.0 Å². The molecule has 3 aromatic rings. The van der Waals surface area contributed by atoms with E-state index in [9.17, 15) is 9.59 Å². The molecular formula is C25H31N5O2. The lowest BCUT2D eigenvalue weighted by Gasteiger charge is -2.35. The molecular weight excluding hydrogens is 402 g/mol. The van der Waals surface area contributed by atoms with Crippen LogP contribution in [0.1, 0.15) is 25.8 Å². The van der Waals surface area contributed by atoms with Gasteiger partial charge < -0.3 is 15.1 Å². The summed E-state index contributed by atoms with van der Waals surface area (Å²) in [4.78, 5) is 34.5. The molecule has 0 aliphatic carbocycles. The first kappa shape index (κ1) is 21.9. The highest BCUT2D eigenvalue weighted by molar-refractivity contribution is 5.77. The molecule has 4 rings (SSSR count). The number of aromatic nitrogens is 2. The fourth-order valence-corrected chi connectivity index (χ4v) is 4.01. The van der Waals surface area contributed by atoms with Crippen LogP contribution >= 0.6 is 0 Å². The van der Waals surface area contributed by atoms with Gasteiger partial charge in [-0.2, -0.15) is 0 Å². The van der Waals surface area contributed by atoms with Gasteiger partial charge in [-0.25, -0.2) is 9.78 Å². The van der Waals surface area contributed by atoms with Crippen molar-refractivity contribution in [1.29, 1.82) is 0 Å². The third kappa shape index (κ3) is 4.93. The van der Waals surface area contributed by atoms with Crippen molar-refractivity contribution in [3.8, 4) is 0 Å². The number of hydrogen-bond acceptors (Lipinski definition) is 4. The Morgan fingerprint density at radius 2 is 1.69 bits per heavy atom. The number of nitrogens with one attached hydrogen (secondary N) is 1. The highest BCUT2D eigenvalue weighted by Gasteiger charge is 2.24. The number of rotatable bonds is 6. The number of para-hydroxylation sites is 2. The molecule has 1 aliphatic rings. The maximum atomic E-state index is 13.5. The van der Waals surface area contributed by atoms with E-state index in [0.29, 0.717) is 51.0 Å². The predicted molar refractivity (Wildman–Crippen MR) is 128 cm³/mol. The van der Waals surface area contributed by atoms with Crippen LogP contribution in [0.25, 0.3) is 11.0 Å². The third-order valence-corrected chi connectivity index (χ3v) is 5.88. The summed E-state index contributed by atoms with van der Waals surface area (Å²) < 4.78 is 1.80. The summed E-state index contributed by atoms with van der Waals surface area (Å²) in [6, 6.07) is 17.7. The van der Waals surface area contributed by atoms with E-state index in [1.54, 1.807) is 4.57 Å². The summed E-state index contributed by atoms with van der Waals surface area (Å²) in [7, 11) is 0. The van der Waals surface area contributed by atoms with E-state index < -0.39 is 0 Å². The van der Waals surface area contributed by atoms with Crippen LogP contribution in [0.5, 0.6) is 0 Å². The number of piperazine rings is 1. The van der Waals surface area contributed by atoms with Gasteiger partial charge in [0.2, 0.25) is 0 Å². The van der Waals surface area contributed by atoms with Gasteiger partial charge in [0.05, 0.1) is 17.6 Å². The molecule has 2 aromatic carbocycles. The second-order valence-corrected chi connectivity index (χ2v) is 8.69. The maximum absolute atomic E-state index is 13.5. The van der Waals surface area contributed by atoms with Crippen LogP contribution in [-0.2, 0) is 6.54 Å². The number of hydrogen-bond donors (Lipinski definition) is 1. The molecule has 0 spiro atoms. The van der Waals surface area contributed by atoms with Gasteiger partial charge in [0.15, 0.2) is 5.82 Å². The molecule has 0 radical (unpaired) electrons. The van der Waals surface area contributed by atoms with E-state index in [4.69, 9.17) is 4.98 Å². The Morgan fingerprint density at radius 3 is 2.41 bits per heavy atom. The summed E-state index contributed by atoms with van der Waals surface area (Å²) in [6.45, 7) is 7.78. The number of carbonyl (C=O) groups is 1. The number of fused-ring (bicyclic) bond motifs is 1. The highest BCUT2D eigenvalue weighted by atomic mass is 16.2. The first-order valence-electron chi connectivity index (χ1n) is 11.3. The molecule has 168 valence electrons. The number of nitrogens with zero attached hydrogens (tertiary/aromatic N) is 4. The van der Waals surface area contributed by atoms with Gasteiger partial charge in [-0.15, -0.1) is 0 Å². The first-order chi connectivity index (χ1) is 15.5. The Labute approximate surface area is 188 Å². The number of urea groups is 1. The minimum absolute atomic E-state index is 0.0294. The zero-order chi connectivity index (χ0) is 22.5. The average Bonchev–Trinajstić information content (AvgIpc) is 2.81. The van der Waals surface area contributed by atoms with E-state index in [2.05, 4.69) is 19.2 Å². The minimum Gasteiger partial charge on any atom is -0.348 e. The van der Waals surface area contributed by atoms with Crippen LogP contribution in [-0.4, -0.2) is 53.2 Å². The van der Waals surface area contributed by atoms with Crippen molar-refractivity contribution in [3.05, 3.63) is 70.5 Å². The van der Waals surface area contributed by atoms with Crippen molar-refractivity contribution >= 4 is 22.9 Å². The summed E-state index contributed by atoms with van der Waals surface area (Å²) in [5.74, 6) is 1.02. The standard InChI is InChI=1S/C25H31N5O2/c1-19(2)12-13-26-25(32)29-16-14-28(15-17-29)23-24(31)30(18-20-8-4-3-5-9-20)22-11-7-6-10-21(22)27-23/h3-11,19H,12-18H2,1-2H3,(H,26,32). The molecule has 0 unspecified atom stereocenters. The van der Waals surface area contributed by atoms with Crippen molar-refractivity contribution in [2.24, 2.45) is 5.92 Å². The molecule has 1 fully saturated rings. The molecule has 2 amide bonds. The Hall–Kier alpha value is -3.35. The molecule has 1 aromatic heterocycles. The second-order valence-electron chi connectivity index (χ2n) is 8.69. The van der Waals surface area contributed by atoms with Crippen LogP contribution in [0.15, 0.2) is 59.4 Å². The summed E-state index contributed by atoms with van der Waals surface area (Å²) in [5, 5.41) is 3.00. The Bertz CT molecular complexity index is 1120. The fraction of sp³-hybridized carbons (Fsp3) is 0.400. The smallest absolute Gasteiger partial charge is 0.317 e. The third-order valence-electron chi connectivity index (χ3n) is 5.88. The molecule has 7 nitrogen and oxygen atoms in total. The van der Waals surface area contributed by atoms with Gasteiger partial charge in [0.25, 0.3) is 5.56 Å². The van der Waals surface area contributed by atoms with Gasteiger partial charge in [0, 0.05) is 32.7 Å². The maximum Gasteiger partial charge on any atom is 0.317 e. The average molecular weight is 434 g/mol. The minimum atomic E-state index is -0.0950. The molecule has 32 heavy (non-hydrogen) atoms.